The standard InChI is InChI=1S/C55H62N2O8S/c1-4-32-62-55-51(57(54(60)61-5-2)36-41-21-15-20-39-18-9-10-22-45(39)41)35-49(56-63-37-38-16-7-6-8-17-38)47-33-40(19-11-13-30-58)46(23-12-14-31-59)52(53(47)55)48-34-43(26-29-50(48)65-55)64-42-24-27-44(66-3)28-25-42/h4,6-10,15-18,20-22,24-29,33-34,40,46,51-53,58-59H,1,5,11-14,19,23,30-32,35-37H2,2-3H3/t40-,46+,51-,52+,53+,55+/m0/s1. The average Bonchev–Trinajstić information content (AvgIpc) is 3.34. The van der Waals surface area contributed by atoms with Gasteiger partial charge in [0.1, 0.15) is 29.9 Å². The fourth-order valence-electron chi connectivity index (χ4n) is 10.4. The van der Waals surface area contributed by atoms with Gasteiger partial charge in [0, 0.05) is 36.0 Å². The molecular formula is C55H62N2O8S. The number of aliphatic hydroxyl groups is 2. The number of hydrogen-bond donors (Lipinski definition) is 2. The first-order valence-electron chi connectivity index (χ1n) is 23.4. The SMILES string of the molecule is C=CCO[C@@]12Oc3ccc(Oc4ccc(SC)cc4)cc3[C@H]3[C@H](CCCCO)[C@@H](CCCCO)C=C(C(=NOCc4ccccc4)C[C@@H]1N(Cc1cccc4ccccc14)C(=O)OCC)[C@H]32. The predicted molar refractivity (Wildman–Crippen MR) is 261 cm³/mol. The van der Waals surface area contributed by atoms with Crippen molar-refractivity contribution in [3.63, 3.8) is 0 Å². The van der Waals surface area contributed by atoms with E-state index in [-0.39, 0.29) is 63.8 Å². The molecule has 2 N–H and O–H groups in total. The Morgan fingerprint density at radius 2 is 1.65 bits per heavy atom. The summed E-state index contributed by atoms with van der Waals surface area (Å²) in [7, 11) is 0. The summed E-state index contributed by atoms with van der Waals surface area (Å²) in [5, 5.41) is 27.2. The topological polar surface area (TPSA) is 119 Å². The number of fused-ring (bicyclic) bond motifs is 3. The summed E-state index contributed by atoms with van der Waals surface area (Å²) in [6.45, 7) is 6.90. The lowest BCUT2D eigenvalue weighted by molar-refractivity contribution is -0.256. The molecule has 0 aromatic heterocycles. The van der Waals surface area contributed by atoms with E-state index < -0.39 is 23.8 Å². The Labute approximate surface area is 393 Å². The fraction of sp³-hybridized carbons (Fsp3) is 0.382. The van der Waals surface area contributed by atoms with Crippen LogP contribution in [0.4, 0.5) is 4.79 Å². The number of carbonyl (C=O) groups is 1. The Bertz CT molecular complexity index is 2470. The highest BCUT2D eigenvalue weighted by Crippen LogP contribution is 2.62. The lowest BCUT2D eigenvalue weighted by atomic mass is 9.55. The van der Waals surface area contributed by atoms with Gasteiger partial charge in [0.25, 0.3) is 0 Å². The number of allylic oxidation sites excluding steroid dienone is 1. The molecule has 8 rings (SSSR count). The predicted octanol–water partition coefficient (Wildman–Crippen LogP) is 11.8. The smallest absolute Gasteiger partial charge is 0.410 e. The second-order valence-electron chi connectivity index (χ2n) is 17.3. The molecule has 5 aromatic rings. The molecule has 0 radical (unpaired) electrons. The number of rotatable bonds is 21. The molecule has 6 atom stereocenters. The maximum Gasteiger partial charge on any atom is 0.410 e. The van der Waals surface area contributed by atoms with E-state index in [9.17, 15) is 15.0 Å². The second-order valence-corrected chi connectivity index (χ2v) is 18.2. The first kappa shape index (κ1) is 46.9. The van der Waals surface area contributed by atoms with Gasteiger partial charge < -0.3 is 34.0 Å². The summed E-state index contributed by atoms with van der Waals surface area (Å²) in [4.78, 5) is 24.0. The van der Waals surface area contributed by atoms with Gasteiger partial charge in [-0.25, -0.2) is 4.79 Å². The highest BCUT2D eigenvalue weighted by Gasteiger charge is 2.65. The van der Waals surface area contributed by atoms with E-state index in [0.29, 0.717) is 30.1 Å². The van der Waals surface area contributed by atoms with E-state index in [2.05, 4.69) is 61.4 Å². The van der Waals surface area contributed by atoms with Crippen LogP contribution in [0.2, 0.25) is 0 Å². The van der Waals surface area contributed by atoms with Crippen molar-refractivity contribution in [2.45, 2.75) is 87.7 Å². The third-order valence-corrected chi connectivity index (χ3v) is 14.0. The number of benzene rings is 5. The van der Waals surface area contributed by atoms with Crippen molar-refractivity contribution in [3.05, 3.63) is 156 Å². The number of thioether (sulfide) groups is 1. The molecule has 2 aliphatic carbocycles. The molecule has 346 valence electrons. The fourth-order valence-corrected chi connectivity index (χ4v) is 10.8. The summed E-state index contributed by atoms with van der Waals surface area (Å²) in [6, 6.07) is 37.6. The van der Waals surface area contributed by atoms with Gasteiger partial charge >= 0.3 is 6.09 Å². The van der Waals surface area contributed by atoms with Crippen LogP contribution in [0.1, 0.15) is 74.5 Å². The van der Waals surface area contributed by atoms with Crippen molar-refractivity contribution in [2.75, 3.05) is 32.7 Å². The van der Waals surface area contributed by atoms with Crippen molar-refractivity contribution < 1.29 is 38.8 Å². The zero-order valence-electron chi connectivity index (χ0n) is 38.1. The van der Waals surface area contributed by atoms with Crippen LogP contribution in [0, 0.1) is 17.8 Å². The Balaban J connectivity index is 1.34. The summed E-state index contributed by atoms with van der Waals surface area (Å²) < 4.78 is 27.2. The van der Waals surface area contributed by atoms with Crippen molar-refractivity contribution in [2.24, 2.45) is 22.9 Å². The van der Waals surface area contributed by atoms with Gasteiger partial charge in [-0.1, -0.05) is 103 Å². The van der Waals surface area contributed by atoms with Gasteiger partial charge in [0.15, 0.2) is 0 Å². The second kappa shape index (κ2) is 22.3. The summed E-state index contributed by atoms with van der Waals surface area (Å²) in [6.07, 6.45) is 10.5. The molecule has 1 fully saturated rings. The van der Waals surface area contributed by atoms with E-state index >= 15 is 0 Å². The lowest BCUT2D eigenvalue weighted by Gasteiger charge is -2.59. The van der Waals surface area contributed by atoms with Gasteiger partial charge in [-0.3, -0.25) is 4.90 Å². The number of ether oxygens (including phenoxy) is 4. The molecule has 11 heteroatoms. The Morgan fingerprint density at radius 1 is 0.909 bits per heavy atom. The maximum absolute atomic E-state index is 14.8. The zero-order chi connectivity index (χ0) is 45.9. The monoisotopic (exact) mass is 910 g/mol. The van der Waals surface area contributed by atoms with Crippen LogP contribution < -0.4 is 9.47 Å². The molecule has 0 spiro atoms. The van der Waals surface area contributed by atoms with Crippen LogP contribution in [0.5, 0.6) is 17.2 Å². The van der Waals surface area contributed by atoms with Crippen molar-refractivity contribution in [1.29, 1.82) is 0 Å². The number of aliphatic hydroxyl groups excluding tert-OH is 2. The molecule has 1 heterocycles. The molecule has 1 saturated carbocycles. The molecule has 3 aliphatic rings. The van der Waals surface area contributed by atoms with Crippen molar-refractivity contribution >= 4 is 34.3 Å². The van der Waals surface area contributed by atoms with Gasteiger partial charge in [-0.2, -0.15) is 0 Å². The average molecular weight is 911 g/mol. The minimum Gasteiger partial charge on any atom is -0.459 e. The van der Waals surface area contributed by atoms with Crippen molar-refractivity contribution in [3.8, 4) is 17.2 Å². The van der Waals surface area contributed by atoms with Crippen LogP contribution in [0.15, 0.2) is 150 Å². The van der Waals surface area contributed by atoms with Crippen LogP contribution >= 0.6 is 11.8 Å². The number of oxime groups is 1. The Morgan fingerprint density at radius 3 is 2.41 bits per heavy atom. The van der Waals surface area contributed by atoms with Gasteiger partial charge in [-0.15, -0.1) is 18.3 Å². The molecule has 66 heavy (non-hydrogen) atoms. The molecule has 0 bridgehead atoms. The summed E-state index contributed by atoms with van der Waals surface area (Å²) in [5.41, 5.74) is 4.58. The third-order valence-electron chi connectivity index (χ3n) is 13.3. The first-order chi connectivity index (χ1) is 32.4. The number of carbonyl (C=O) groups excluding carboxylic acids is 1. The van der Waals surface area contributed by atoms with E-state index in [1.165, 1.54) is 0 Å². The van der Waals surface area contributed by atoms with Crippen molar-refractivity contribution in [1.82, 2.24) is 4.90 Å². The quantitative estimate of drug-likeness (QED) is 0.0321. The molecule has 5 aromatic carbocycles. The first-order valence-corrected chi connectivity index (χ1v) is 24.6. The van der Waals surface area contributed by atoms with Gasteiger partial charge in [0.05, 0.1) is 31.4 Å². The van der Waals surface area contributed by atoms with E-state index in [1.54, 1.807) is 22.7 Å². The number of amides is 1. The van der Waals surface area contributed by atoms with Crippen LogP contribution in [-0.2, 0) is 27.5 Å². The molecule has 1 aliphatic heterocycles. The van der Waals surface area contributed by atoms with Crippen LogP contribution in [-0.4, -0.2) is 71.4 Å². The molecule has 10 nitrogen and oxygen atoms in total. The zero-order valence-corrected chi connectivity index (χ0v) is 38.9. The molecular weight excluding hydrogens is 849 g/mol. The molecule has 0 unspecified atom stereocenters. The maximum atomic E-state index is 14.8. The van der Waals surface area contributed by atoms with Gasteiger partial charge in [0.2, 0.25) is 5.79 Å². The highest BCUT2D eigenvalue weighted by atomic mass is 32.2. The van der Waals surface area contributed by atoms with Crippen LogP contribution in [0.3, 0.4) is 0 Å². The Hall–Kier alpha value is -5.59. The molecule has 0 saturated heterocycles. The largest absolute Gasteiger partial charge is 0.459 e. The summed E-state index contributed by atoms with van der Waals surface area (Å²) >= 11 is 1.68. The van der Waals surface area contributed by atoms with E-state index in [0.717, 1.165) is 69.4 Å². The van der Waals surface area contributed by atoms with E-state index in [4.69, 9.17) is 28.9 Å². The Kier molecular flexibility index (Phi) is 15.8. The minimum atomic E-state index is -1.45. The number of unbranched alkanes of at least 4 members (excludes halogenated alkanes) is 2. The number of nitrogens with zero attached hydrogens (tertiary/aromatic N) is 2. The summed E-state index contributed by atoms with van der Waals surface area (Å²) in [5.74, 6) is 0.00757. The number of hydrogen-bond acceptors (Lipinski definition) is 10. The molecule has 1 amide bonds. The van der Waals surface area contributed by atoms with Crippen LogP contribution in [0.25, 0.3) is 10.8 Å². The minimum absolute atomic E-state index is 0.0498. The highest BCUT2D eigenvalue weighted by molar-refractivity contribution is 7.98. The lowest BCUT2D eigenvalue weighted by Crippen LogP contribution is -2.70. The van der Waals surface area contributed by atoms with E-state index in [1.807, 2.05) is 79.7 Å². The third kappa shape index (κ3) is 10.2. The normalized spacial score (nSPS) is 22.4. The van der Waals surface area contributed by atoms with Gasteiger partial charge in [-0.05, 0) is 121 Å².